The van der Waals surface area contributed by atoms with Crippen LogP contribution in [0.4, 0.5) is 5.69 Å². The fourth-order valence-corrected chi connectivity index (χ4v) is 1.92. The van der Waals surface area contributed by atoms with Crippen LogP contribution in [0.2, 0.25) is 0 Å². The number of ether oxygens (including phenoxy) is 1. The molecule has 22 heavy (non-hydrogen) atoms. The molecule has 0 bridgehead atoms. The summed E-state index contributed by atoms with van der Waals surface area (Å²) in [6.07, 6.45) is -0.155. The van der Waals surface area contributed by atoms with Gasteiger partial charge in [-0.3, -0.25) is 14.9 Å². The molecule has 0 saturated carbocycles. The largest absolute Gasteiger partial charge is 0.480 e. The molecule has 0 fully saturated rings. The Morgan fingerprint density at radius 2 is 1.91 bits per heavy atom. The predicted molar refractivity (Wildman–Crippen MR) is 78.9 cm³/mol. The van der Waals surface area contributed by atoms with Gasteiger partial charge >= 0.3 is 5.97 Å². The first-order chi connectivity index (χ1) is 10.5. The SMILES string of the molecule is N[C@@H](Cc1cc(Oc2ccccc2)ccc1[N+](=O)[O-])C(=O)O. The Hall–Kier alpha value is -2.93. The summed E-state index contributed by atoms with van der Waals surface area (Å²) < 4.78 is 5.58. The third kappa shape index (κ3) is 3.80. The van der Waals surface area contributed by atoms with Gasteiger partial charge in [-0.05, 0) is 24.3 Å². The third-order valence-corrected chi connectivity index (χ3v) is 2.98. The molecule has 0 unspecified atom stereocenters. The average Bonchev–Trinajstić information content (AvgIpc) is 2.48. The van der Waals surface area contributed by atoms with Crippen LogP contribution in [0, 0.1) is 10.1 Å². The molecule has 1 atom stereocenters. The van der Waals surface area contributed by atoms with Crippen LogP contribution in [0.15, 0.2) is 48.5 Å². The number of nitro groups is 1. The molecule has 7 heteroatoms. The van der Waals surface area contributed by atoms with Crippen molar-refractivity contribution < 1.29 is 19.6 Å². The van der Waals surface area contributed by atoms with E-state index in [1.165, 1.54) is 18.2 Å². The molecule has 0 aliphatic rings. The van der Waals surface area contributed by atoms with Gasteiger partial charge in [0.15, 0.2) is 0 Å². The summed E-state index contributed by atoms with van der Waals surface area (Å²) in [6, 6.07) is 11.9. The van der Waals surface area contributed by atoms with Crippen LogP contribution in [0.1, 0.15) is 5.56 Å². The summed E-state index contributed by atoms with van der Waals surface area (Å²) >= 11 is 0. The van der Waals surface area contributed by atoms with Crippen molar-refractivity contribution in [2.75, 3.05) is 0 Å². The van der Waals surface area contributed by atoms with Gasteiger partial charge in [-0.25, -0.2) is 0 Å². The second kappa shape index (κ2) is 6.68. The van der Waals surface area contributed by atoms with E-state index in [1.54, 1.807) is 24.3 Å². The van der Waals surface area contributed by atoms with Crippen molar-refractivity contribution in [2.45, 2.75) is 12.5 Å². The quantitative estimate of drug-likeness (QED) is 0.625. The zero-order chi connectivity index (χ0) is 16.1. The Morgan fingerprint density at radius 3 is 2.50 bits per heavy atom. The van der Waals surface area contributed by atoms with Crippen molar-refractivity contribution in [3.63, 3.8) is 0 Å². The number of nitrogens with zero attached hydrogens (tertiary/aromatic N) is 1. The number of para-hydroxylation sites is 1. The first-order valence-electron chi connectivity index (χ1n) is 6.46. The summed E-state index contributed by atoms with van der Waals surface area (Å²) in [4.78, 5) is 21.3. The molecular formula is C15H14N2O5. The molecule has 3 N–H and O–H groups in total. The van der Waals surface area contributed by atoms with Gasteiger partial charge in [0.05, 0.1) is 4.92 Å². The van der Waals surface area contributed by atoms with E-state index in [0.717, 1.165) is 0 Å². The van der Waals surface area contributed by atoms with E-state index in [-0.39, 0.29) is 17.7 Å². The number of carbonyl (C=O) groups is 1. The van der Waals surface area contributed by atoms with Crippen molar-refractivity contribution in [3.8, 4) is 11.5 Å². The number of nitrogens with two attached hydrogens (primary N) is 1. The maximum absolute atomic E-state index is 11.0. The maximum Gasteiger partial charge on any atom is 0.320 e. The molecule has 0 spiro atoms. The molecular weight excluding hydrogens is 288 g/mol. The monoisotopic (exact) mass is 302 g/mol. The summed E-state index contributed by atoms with van der Waals surface area (Å²) in [5, 5.41) is 19.9. The molecule has 0 aliphatic carbocycles. The molecule has 0 saturated heterocycles. The van der Waals surface area contributed by atoms with E-state index in [4.69, 9.17) is 15.6 Å². The first kappa shape index (κ1) is 15.5. The van der Waals surface area contributed by atoms with Gasteiger partial charge in [0.2, 0.25) is 0 Å². The summed E-state index contributed by atoms with van der Waals surface area (Å²) in [7, 11) is 0. The molecule has 2 aromatic carbocycles. The zero-order valence-electron chi connectivity index (χ0n) is 11.5. The minimum absolute atomic E-state index is 0.155. The molecule has 114 valence electrons. The first-order valence-corrected chi connectivity index (χ1v) is 6.46. The normalized spacial score (nSPS) is 11.7. The lowest BCUT2D eigenvalue weighted by Gasteiger charge is -2.10. The number of benzene rings is 2. The van der Waals surface area contributed by atoms with Gasteiger partial charge in [0, 0.05) is 18.1 Å². The Morgan fingerprint density at radius 1 is 1.23 bits per heavy atom. The lowest BCUT2D eigenvalue weighted by molar-refractivity contribution is -0.385. The van der Waals surface area contributed by atoms with E-state index >= 15 is 0 Å². The molecule has 2 rings (SSSR count). The Bertz CT molecular complexity index is 688. The van der Waals surface area contributed by atoms with Gasteiger partial charge in [-0.1, -0.05) is 18.2 Å². The Labute approximate surface area is 126 Å². The van der Waals surface area contributed by atoms with E-state index in [9.17, 15) is 14.9 Å². The molecule has 2 aromatic rings. The van der Waals surface area contributed by atoms with Gasteiger partial charge in [0.1, 0.15) is 17.5 Å². The zero-order valence-corrected chi connectivity index (χ0v) is 11.5. The smallest absolute Gasteiger partial charge is 0.320 e. The highest BCUT2D eigenvalue weighted by atomic mass is 16.6. The van der Waals surface area contributed by atoms with Crippen LogP contribution in [0.3, 0.4) is 0 Å². The molecule has 0 aromatic heterocycles. The fourth-order valence-electron chi connectivity index (χ4n) is 1.92. The lowest BCUT2D eigenvalue weighted by Crippen LogP contribution is -2.32. The van der Waals surface area contributed by atoms with Crippen LogP contribution in [0.5, 0.6) is 11.5 Å². The van der Waals surface area contributed by atoms with Crippen LogP contribution in [-0.2, 0) is 11.2 Å². The number of rotatable bonds is 6. The number of hydrogen-bond donors (Lipinski definition) is 2. The highest BCUT2D eigenvalue weighted by Gasteiger charge is 2.20. The lowest BCUT2D eigenvalue weighted by atomic mass is 10.0. The van der Waals surface area contributed by atoms with E-state index < -0.39 is 16.9 Å². The van der Waals surface area contributed by atoms with Gasteiger partial charge < -0.3 is 15.6 Å². The Kier molecular flexibility index (Phi) is 4.70. The van der Waals surface area contributed by atoms with Crippen molar-refractivity contribution >= 4 is 11.7 Å². The topological polar surface area (TPSA) is 116 Å². The number of carboxylic acid groups (broad SMARTS) is 1. The van der Waals surface area contributed by atoms with Crippen LogP contribution < -0.4 is 10.5 Å². The van der Waals surface area contributed by atoms with E-state index in [0.29, 0.717) is 11.5 Å². The van der Waals surface area contributed by atoms with Crippen LogP contribution >= 0.6 is 0 Å². The number of nitro benzene ring substituents is 1. The van der Waals surface area contributed by atoms with Crippen LogP contribution in [0.25, 0.3) is 0 Å². The number of aliphatic carboxylic acids is 1. The van der Waals surface area contributed by atoms with Crippen molar-refractivity contribution in [1.82, 2.24) is 0 Å². The number of hydrogen-bond acceptors (Lipinski definition) is 5. The van der Waals surface area contributed by atoms with Gasteiger partial charge in [-0.15, -0.1) is 0 Å². The van der Waals surface area contributed by atoms with E-state index in [1.807, 2.05) is 6.07 Å². The fraction of sp³-hybridized carbons (Fsp3) is 0.133. The van der Waals surface area contributed by atoms with E-state index in [2.05, 4.69) is 0 Å². The summed E-state index contributed by atoms with van der Waals surface area (Å²) in [5.74, 6) is -0.266. The predicted octanol–water partition coefficient (Wildman–Crippen LogP) is 2.34. The molecule has 0 radical (unpaired) electrons. The standard InChI is InChI=1S/C15H14N2O5/c16-13(15(18)19)9-10-8-12(6-7-14(10)17(20)21)22-11-4-2-1-3-5-11/h1-8,13H,9,16H2,(H,18,19)/t13-/m0/s1. The molecule has 0 aliphatic heterocycles. The third-order valence-electron chi connectivity index (χ3n) is 2.98. The molecule has 7 nitrogen and oxygen atoms in total. The minimum atomic E-state index is -1.22. The summed E-state index contributed by atoms with van der Waals surface area (Å²) in [6.45, 7) is 0. The van der Waals surface area contributed by atoms with Gasteiger partial charge in [-0.2, -0.15) is 0 Å². The van der Waals surface area contributed by atoms with Gasteiger partial charge in [0.25, 0.3) is 5.69 Å². The second-order valence-corrected chi connectivity index (χ2v) is 4.61. The highest BCUT2D eigenvalue weighted by molar-refractivity contribution is 5.74. The number of carboxylic acids is 1. The van der Waals surface area contributed by atoms with Crippen molar-refractivity contribution in [2.24, 2.45) is 5.73 Å². The van der Waals surface area contributed by atoms with Crippen molar-refractivity contribution in [1.29, 1.82) is 0 Å². The maximum atomic E-state index is 11.0. The van der Waals surface area contributed by atoms with Crippen LogP contribution in [-0.4, -0.2) is 22.0 Å². The highest BCUT2D eigenvalue weighted by Crippen LogP contribution is 2.28. The Balaban J connectivity index is 2.30. The minimum Gasteiger partial charge on any atom is -0.480 e. The summed E-state index contributed by atoms with van der Waals surface area (Å²) in [5.41, 5.74) is 5.49. The van der Waals surface area contributed by atoms with Crippen molar-refractivity contribution in [3.05, 3.63) is 64.2 Å². The average molecular weight is 302 g/mol. The second-order valence-electron chi connectivity index (χ2n) is 4.61. The molecule has 0 heterocycles. The molecule has 0 amide bonds.